The lowest BCUT2D eigenvalue weighted by Gasteiger charge is -2.35. The fraction of sp³-hybridized carbons (Fsp3) is 0.476. The molecule has 2 aliphatic heterocycles. The number of hydrogen-bond donors (Lipinski definition) is 0. The summed E-state index contributed by atoms with van der Waals surface area (Å²) in [5.74, 6) is 0.399. The van der Waals surface area contributed by atoms with E-state index < -0.39 is 16.3 Å². The third-order valence-electron chi connectivity index (χ3n) is 5.83. The Morgan fingerprint density at radius 3 is 2.71 bits per heavy atom. The van der Waals surface area contributed by atoms with Gasteiger partial charge in [0.05, 0.1) is 19.0 Å². The molecule has 2 aliphatic rings. The molecule has 2 aromatic rings. The summed E-state index contributed by atoms with van der Waals surface area (Å²) in [5.41, 5.74) is 2.07. The van der Waals surface area contributed by atoms with Crippen molar-refractivity contribution in [3.05, 3.63) is 52.7 Å². The average molecular weight is 448 g/mol. The van der Waals surface area contributed by atoms with Crippen molar-refractivity contribution in [3.8, 4) is 0 Å². The van der Waals surface area contributed by atoms with Gasteiger partial charge in [-0.2, -0.15) is 17.0 Å². The first-order chi connectivity index (χ1) is 14.7. The number of carbonyl (C=O) groups is 1. The summed E-state index contributed by atoms with van der Waals surface area (Å²) in [6, 6.07) is 5.63. The van der Waals surface area contributed by atoms with Gasteiger partial charge in [-0.3, -0.25) is 9.69 Å². The number of carbonyl (C=O) groups excluding carboxylic acids is 1. The normalized spacial score (nSPS) is 19.8. The molecular formula is C21H26FN5O3S. The molecule has 0 bridgehead atoms. The maximum Gasteiger partial charge on any atom is 0.282 e. The molecule has 0 aliphatic carbocycles. The number of piperidine rings is 1. The van der Waals surface area contributed by atoms with Gasteiger partial charge in [-0.25, -0.2) is 14.4 Å². The molecule has 0 N–H and O–H groups in total. The van der Waals surface area contributed by atoms with E-state index in [1.807, 2.05) is 6.92 Å². The summed E-state index contributed by atoms with van der Waals surface area (Å²) >= 11 is 0. The van der Waals surface area contributed by atoms with E-state index in [4.69, 9.17) is 0 Å². The van der Waals surface area contributed by atoms with Gasteiger partial charge in [-0.15, -0.1) is 0 Å². The quantitative estimate of drug-likeness (QED) is 0.702. The molecular weight excluding hydrogens is 421 g/mol. The Hall–Kier alpha value is -2.43. The number of nitrogens with zero attached hydrogens (tertiary/aromatic N) is 5. The molecule has 1 fully saturated rings. The van der Waals surface area contributed by atoms with Crippen LogP contribution in [0.3, 0.4) is 0 Å². The average Bonchev–Trinajstić information content (AvgIpc) is 3.04. The number of anilines is 1. The number of hydrogen-bond acceptors (Lipinski definition) is 5. The van der Waals surface area contributed by atoms with Crippen LogP contribution in [0.5, 0.6) is 0 Å². The van der Waals surface area contributed by atoms with Gasteiger partial charge in [0, 0.05) is 31.9 Å². The molecule has 1 unspecified atom stereocenters. The van der Waals surface area contributed by atoms with Crippen molar-refractivity contribution in [2.24, 2.45) is 0 Å². The second-order valence-corrected chi connectivity index (χ2v) is 10.3. The lowest BCUT2D eigenvalue weighted by Crippen LogP contribution is -2.45. The molecule has 1 atom stereocenters. The molecule has 4 rings (SSSR count). The summed E-state index contributed by atoms with van der Waals surface area (Å²) in [6.45, 7) is 2.41. The molecule has 0 spiro atoms. The summed E-state index contributed by atoms with van der Waals surface area (Å²) in [7, 11) is -0.619. The predicted molar refractivity (Wildman–Crippen MR) is 114 cm³/mol. The van der Waals surface area contributed by atoms with Gasteiger partial charge in [-0.05, 0) is 37.5 Å². The second kappa shape index (κ2) is 8.25. The zero-order valence-corrected chi connectivity index (χ0v) is 18.7. The fourth-order valence-electron chi connectivity index (χ4n) is 4.18. The second-order valence-electron chi connectivity index (χ2n) is 8.17. The Bertz CT molecular complexity index is 1120. The molecule has 0 radical (unpaired) electrons. The van der Waals surface area contributed by atoms with Crippen LogP contribution in [0.1, 0.15) is 47.9 Å². The van der Waals surface area contributed by atoms with Crippen molar-refractivity contribution in [3.63, 3.8) is 0 Å². The summed E-state index contributed by atoms with van der Waals surface area (Å²) in [4.78, 5) is 23.6. The summed E-state index contributed by atoms with van der Waals surface area (Å²) in [6.07, 6.45) is 2.44. The molecule has 1 saturated heterocycles. The lowest BCUT2D eigenvalue weighted by molar-refractivity contribution is -0.117. The van der Waals surface area contributed by atoms with Crippen LogP contribution in [-0.4, -0.2) is 53.5 Å². The highest BCUT2D eigenvalue weighted by atomic mass is 32.2. The minimum atomic E-state index is -3.64. The Morgan fingerprint density at radius 2 is 2.00 bits per heavy atom. The topological polar surface area (TPSA) is 86.7 Å². The molecule has 8 nitrogen and oxygen atoms in total. The minimum Gasteiger partial charge on any atom is -0.292 e. The fourth-order valence-corrected chi connectivity index (χ4v) is 5.48. The number of aryl methyl sites for hydroxylation is 1. The van der Waals surface area contributed by atoms with E-state index in [2.05, 4.69) is 9.97 Å². The Labute approximate surface area is 181 Å². The SMILES string of the molecule is Cc1nc(C2CCCCN2S(=O)(=O)N(C)C)nc2c1CC(=O)N2Cc1cccc(F)c1. The molecule has 1 aromatic carbocycles. The van der Waals surface area contributed by atoms with Crippen LogP contribution in [0.25, 0.3) is 0 Å². The standard InChI is InChI=1S/C21H26FN5O3S/c1-14-17-12-19(28)26(13-15-7-6-8-16(22)11-15)21(17)24-20(23-14)18-9-4-5-10-27(18)31(29,30)25(2)3/h6-8,11,18H,4-5,9-10,12-13H2,1-3H3. The lowest BCUT2D eigenvalue weighted by atomic mass is 10.0. The Morgan fingerprint density at radius 1 is 1.23 bits per heavy atom. The van der Waals surface area contributed by atoms with Crippen molar-refractivity contribution >= 4 is 21.9 Å². The van der Waals surface area contributed by atoms with Crippen molar-refractivity contribution in [1.29, 1.82) is 0 Å². The summed E-state index contributed by atoms with van der Waals surface area (Å²) in [5, 5.41) is 0. The number of fused-ring (bicyclic) bond motifs is 1. The van der Waals surface area contributed by atoms with E-state index in [9.17, 15) is 17.6 Å². The van der Waals surface area contributed by atoms with E-state index in [1.54, 1.807) is 12.1 Å². The van der Waals surface area contributed by atoms with Crippen LogP contribution >= 0.6 is 0 Å². The van der Waals surface area contributed by atoms with Gasteiger partial charge in [0.2, 0.25) is 5.91 Å². The van der Waals surface area contributed by atoms with Gasteiger partial charge >= 0.3 is 0 Å². The maximum atomic E-state index is 13.6. The molecule has 3 heterocycles. The van der Waals surface area contributed by atoms with Crippen molar-refractivity contribution < 1.29 is 17.6 Å². The van der Waals surface area contributed by atoms with Crippen molar-refractivity contribution in [1.82, 2.24) is 18.6 Å². The zero-order chi connectivity index (χ0) is 22.3. The highest BCUT2D eigenvalue weighted by Gasteiger charge is 2.38. The first kappa shape index (κ1) is 21.8. The number of rotatable bonds is 5. The molecule has 0 saturated carbocycles. The zero-order valence-electron chi connectivity index (χ0n) is 17.9. The van der Waals surface area contributed by atoms with Crippen LogP contribution in [0, 0.1) is 12.7 Å². The van der Waals surface area contributed by atoms with Crippen LogP contribution in [0.15, 0.2) is 24.3 Å². The van der Waals surface area contributed by atoms with Gasteiger partial charge in [-0.1, -0.05) is 18.6 Å². The van der Waals surface area contributed by atoms with E-state index >= 15 is 0 Å². The number of halogens is 1. The van der Waals surface area contributed by atoms with Gasteiger partial charge < -0.3 is 0 Å². The Balaban J connectivity index is 1.73. The largest absolute Gasteiger partial charge is 0.292 e. The van der Waals surface area contributed by atoms with E-state index in [0.29, 0.717) is 35.9 Å². The van der Waals surface area contributed by atoms with Crippen LogP contribution in [0.2, 0.25) is 0 Å². The van der Waals surface area contributed by atoms with Gasteiger partial charge in [0.15, 0.2) is 0 Å². The highest BCUT2D eigenvalue weighted by Crippen LogP contribution is 2.36. The van der Waals surface area contributed by atoms with Crippen LogP contribution in [0.4, 0.5) is 10.2 Å². The molecule has 31 heavy (non-hydrogen) atoms. The van der Waals surface area contributed by atoms with Crippen molar-refractivity contribution in [2.75, 3.05) is 25.5 Å². The highest BCUT2D eigenvalue weighted by molar-refractivity contribution is 7.86. The Kier molecular flexibility index (Phi) is 5.80. The molecule has 166 valence electrons. The summed E-state index contributed by atoms with van der Waals surface area (Å²) < 4.78 is 42.0. The molecule has 10 heteroatoms. The van der Waals surface area contributed by atoms with Gasteiger partial charge in [0.25, 0.3) is 10.2 Å². The minimum absolute atomic E-state index is 0.129. The van der Waals surface area contributed by atoms with E-state index in [-0.39, 0.29) is 24.7 Å². The first-order valence-corrected chi connectivity index (χ1v) is 11.7. The maximum absolute atomic E-state index is 13.6. The third-order valence-corrected chi connectivity index (χ3v) is 7.79. The van der Waals surface area contributed by atoms with Crippen LogP contribution < -0.4 is 4.90 Å². The number of aromatic nitrogens is 2. The predicted octanol–water partition coefficient (Wildman–Crippen LogP) is 2.35. The van der Waals surface area contributed by atoms with Gasteiger partial charge in [0.1, 0.15) is 17.5 Å². The third kappa shape index (κ3) is 4.07. The monoisotopic (exact) mass is 447 g/mol. The number of benzene rings is 1. The smallest absolute Gasteiger partial charge is 0.282 e. The van der Waals surface area contributed by atoms with Crippen molar-refractivity contribution in [2.45, 2.75) is 45.2 Å². The van der Waals surface area contributed by atoms with E-state index in [0.717, 1.165) is 18.4 Å². The molecule has 1 amide bonds. The van der Waals surface area contributed by atoms with Crippen LogP contribution in [-0.2, 0) is 28.0 Å². The van der Waals surface area contributed by atoms with E-state index in [1.165, 1.54) is 39.7 Å². The molecule has 1 aromatic heterocycles. The number of amides is 1. The first-order valence-electron chi connectivity index (χ1n) is 10.3.